The lowest BCUT2D eigenvalue weighted by atomic mass is 10.6. The fourth-order valence-corrected chi connectivity index (χ4v) is 0.252. The maximum Gasteiger partial charge on any atom is 0.380 e. The molecule has 0 aromatic carbocycles. The van der Waals surface area contributed by atoms with Crippen LogP contribution >= 0.6 is 0 Å². The van der Waals surface area contributed by atoms with Crippen LogP contribution in [-0.2, 0) is 14.3 Å². The third kappa shape index (κ3) is 3.39. The minimum absolute atomic E-state index is 0.793. The first-order chi connectivity index (χ1) is 4.95. The number of rotatable bonds is 1. The van der Waals surface area contributed by atoms with Gasteiger partial charge in [0.15, 0.2) is 0 Å². The molecule has 0 saturated heterocycles. The van der Waals surface area contributed by atoms with Crippen LogP contribution in [-0.4, -0.2) is 11.9 Å². The van der Waals surface area contributed by atoms with Crippen LogP contribution in [0.25, 0.3) is 0 Å². The molecule has 0 spiro atoms. The second-order valence-corrected chi connectivity index (χ2v) is 1.46. The average Bonchev–Trinajstić information content (AvgIpc) is 1.84. The maximum absolute atomic E-state index is 11.8. The van der Waals surface area contributed by atoms with Crippen molar-refractivity contribution in [3.05, 3.63) is 11.9 Å². The van der Waals surface area contributed by atoms with E-state index in [1.807, 2.05) is 0 Å². The van der Waals surface area contributed by atoms with Gasteiger partial charge in [-0.2, -0.15) is 13.2 Å². The van der Waals surface area contributed by atoms with Crippen molar-refractivity contribution in [2.45, 2.75) is 6.92 Å². The lowest BCUT2D eigenvalue weighted by molar-refractivity contribution is -0.156. The molecule has 0 atom stereocenters. The second kappa shape index (κ2) is 3.75. The Morgan fingerprint density at radius 1 is 1.18 bits per heavy atom. The monoisotopic (exact) mass is 168 g/mol. The van der Waals surface area contributed by atoms with Crippen LogP contribution in [0.5, 0.6) is 0 Å². The number of carbonyl (C=O) groups is 2. The second-order valence-electron chi connectivity index (χ2n) is 1.46. The van der Waals surface area contributed by atoms with Gasteiger partial charge in [-0.1, -0.05) is 0 Å². The summed E-state index contributed by atoms with van der Waals surface area (Å²) in [6, 6.07) is 0. The summed E-state index contributed by atoms with van der Waals surface area (Å²) in [6.07, 6.45) is -2.81. The van der Waals surface area contributed by atoms with E-state index in [1.54, 1.807) is 0 Å². The van der Waals surface area contributed by atoms with E-state index in [2.05, 4.69) is 4.74 Å². The van der Waals surface area contributed by atoms with Crippen molar-refractivity contribution < 1.29 is 27.5 Å². The highest BCUT2D eigenvalue weighted by atomic mass is 19.3. The summed E-state index contributed by atoms with van der Waals surface area (Å²) in [5.74, 6) is -5.47. The first kappa shape index (κ1) is 9.67. The van der Waals surface area contributed by atoms with Gasteiger partial charge in [0.1, 0.15) is 0 Å². The van der Waals surface area contributed by atoms with Crippen LogP contribution in [0.3, 0.4) is 0 Å². The van der Waals surface area contributed by atoms with Crippen LogP contribution < -0.4 is 0 Å². The molecule has 3 nitrogen and oxygen atoms in total. The van der Waals surface area contributed by atoms with Crippen LogP contribution in [0.1, 0.15) is 6.92 Å². The quantitative estimate of drug-likeness (QED) is 0.335. The van der Waals surface area contributed by atoms with Crippen molar-refractivity contribution >= 4 is 11.9 Å². The molecule has 0 amide bonds. The zero-order chi connectivity index (χ0) is 9.02. The fraction of sp³-hybridized carbons (Fsp3) is 0.200. The van der Waals surface area contributed by atoms with E-state index in [0.29, 0.717) is 0 Å². The third-order valence-corrected chi connectivity index (χ3v) is 0.582. The molecule has 0 heterocycles. The summed E-state index contributed by atoms with van der Waals surface area (Å²) in [6.45, 7) is 0.793. The first-order valence-corrected chi connectivity index (χ1v) is 2.38. The van der Waals surface area contributed by atoms with E-state index in [9.17, 15) is 22.8 Å². The van der Waals surface area contributed by atoms with E-state index in [-0.39, 0.29) is 0 Å². The zero-order valence-electron chi connectivity index (χ0n) is 5.36. The van der Waals surface area contributed by atoms with Gasteiger partial charge in [0, 0.05) is 6.92 Å². The standard InChI is InChI=1S/C5H3F3O3/c1-2(9)11-5(10)3(6)4(7)8/h1H3. The topological polar surface area (TPSA) is 43.4 Å². The first-order valence-electron chi connectivity index (χ1n) is 2.38. The molecule has 62 valence electrons. The van der Waals surface area contributed by atoms with Gasteiger partial charge in [0.25, 0.3) is 5.83 Å². The maximum atomic E-state index is 11.8. The van der Waals surface area contributed by atoms with Crippen LogP contribution in [0, 0.1) is 0 Å². The van der Waals surface area contributed by atoms with Crippen molar-refractivity contribution in [1.82, 2.24) is 0 Å². The molecule has 0 aliphatic heterocycles. The van der Waals surface area contributed by atoms with E-state index in [0.717, 1.165) is 6.92 Å². The van der Waals surface area contributed by atoms with Gasteiger partial charge in [-0.25, -0.2) is 4.79 Å². The van der Waals surface area contributed by atoms with Gasteiger partial charge in [-0.15, -0.1) is 0 Å². The highest BCUT2D eigenvalue weighted by Crippen LogP contribution is 2.10. The molecule has 11 heavy (non-hydrogen) atoms. The molecule has 0 aromatic rings. The SMILES string of the molecule is CC(=O)OC(=O)C(F)=C(F)F. The highest BCUT2D eigenvalue weighted by Gasteiger charge is 2.18. The van der Waals surface area contributed by atoms with Crippen molar-refractivity contribution in [2.75, 3.05) is 0 Å². The van der Waals surface area contributed by atoms with Gasteiger partial charge in [0.05, 0.1) is 0 Å². The molecule has 0 radical (unpaired) electrons. The number of carbonyl (C=O) groups excluding carboxylic acids is 2. The lowest BCUT2D eigenvalue weighted by Crippen LogP contribution is -2.09. The molecule has 0 rings (SSSR count). The van der Waals surface area contributed by atoms with E-state index in [1.165, 1.54) is 0 Å². The van der Waals surface area contributed by atoms with Crippen LogP contribution in [0.2, 0.25) is 0 Å². The molecule has 0 saturated carbocycles. The van der Waals surface area contributed by atoms with Crippen molar-refractivity contribution in [3.8, 4) is 0 Å². The molecule has 0 aliphatic carbocycles. The van der Waals surface area contributed by atoms with Gasteiger partial charge in [-0.05, 0) is 0 Å². The molecule has 0 fully saturated rings. The highest BCUT2D eigenvalue weighted by molar-refractivity contribution is 5.93. The van der Waals surface area contributed by atoms with Crippen LogP contribution in [0.15, 0.2) is 11.9 Å². The van der Waals surface area contributed by atoms with Gasteiger partial charge in [-0.3, -0.25) is 4.79 Å². The molecule has 0 bridgehead atoms. The molecular weight excluding hydrogens is 165 g/mol. The Morgan fingerprint density at radius 3 is 1.91 bits per heavy atom. The Kier molecular flexibility index (Phi) is 3.29. The molecule has 0 unspecified atom stereocenters. The molecule has 0 aromatic heterocycles. The Balaban J connectivity index is 4.28. The largest absolute Gasteiger partial charge is 0.388 e. The predicted molar refractivity (Wildman–Crippen MR) is 27.1 cm³/mol. The summed E-state index contributed by atoms with van der Waals surface area (Å²) in [7, 11) is 0. The van der Waals surface area contributed by atoms with E-state index >= 15 is 0 Å². The van der Waals surface area contributed by atoms with Crippen molar-refractivity contribution in [2.24, 2.45) is 0 Å². The van der Waals surface area contributed by atoms with Gasteiger partial charge < -0.3 is 4.74 Å². The van der Waals surface area contributed by atoms with Gasteiger partial charge >= 0.3 is 18.0 Å². The minimum Gasteiger partial charge on any atom is -0.388 e. The molecular formula is C5H3F3O3. The Labute approximate surface area is 59.4 Å². The number of hydrogen-bond acceptors (Lipinski definition) is 3. The van der Waals surface area contributed by atoms with Crippen molar-refractivity contribution in [1.29, 1.82) is 0 Å². The van der Waals surface area contributed by atoms with E-state index in [4.69, 9.17) is 0 Å². The number of esters is 2. The van der Waals surface area contributed by atoms with Crippen molar-refractivity contribution in [3.63, 3.8) is 0 Å². The third-order valence-electron chi connectivity index (χ3n) is 0.582. The van der Waals surface area contributed by atoms with E-state index < -0.39 is 23.8 Å². The summed E-state index contributed by atoms with van der Waals surface area (Å²) in [5.41, 5.74) is 0. The summed E-state index contributed by atoms with van der Waals surface area (Å²) >= 11 is 0. The summed E-state index contributed by atoms with van der Waals surface area (Å²) < 4.78 is 37.7. The zero-order valence-corrected chi connectivity index (χ0v) is 5.36. The van der Waals surface area contributed by atoms with Gasteiger partial charge in [0.2, 0.25) is 0 Å². The number of ether oxygens (including phenoxy) is 1. The summed E-state index contributed by atoms with van der Waals surface area (Å²) in [4.78, 5) is 19.9. The summed E-state index contributed by atoms with van der Waals surface area (Å²) in [5, 5.41) is 0. The normalized spacial score (nSPS) is 8.73. The lowest BCUT2D eigenvalue weighted by Gasteiger charge is -1.93. The Bertz CT molecular complexity index is 217. The molecule has 6 heteroatoms. The smallest absolute Gasteiger partial charge is 0.380 e. The molecule has 0 N–H and O–H groups in total. The number of halogens is 3. The fourth-order valence-electron chi connectivity index (χ4n) is 0.252. The minimum atomic E-state index is -2.81. The average molecular weight is 168 g/mol. The Hall–Kier alpha value is -1.33. The van der Waals surface area contributed by atoms with Crippen LogP contribution in [0.4, 0.5) is 13.2 Å². The predicted octanol–water partition coefficient (Wildman–Crippen LogP) is 1.15. The number of hydrogen-bond donors (Lipinski definition) is 0. The molecule has 0 aliphatic rings. The Morgan fingerprint density at radius 2 is 1.64 bits per heavy atom.